The Morgan fingerprint density at radius 1 is 1.02 bits per heavy atom. The molecule has 3 heterocycles. The smallest absolute Gasteiger partial charge is 0.316 e. The zero-order valence-corrected chi connectivity index (χ0v) is 24.6. The van der Waals surface area contributed by atoms with E-state index in [-0.39, 0.29) is 56.5 Å². The summed E-state index contributed by atoms with van der Waals surface area (Å²) in [5, 5.41) is 0.170. The number of sulfonamides is 1. The fraction of sp³-hybridized carbons (Fsp3) is 0.269. The van der Waals surface area contributed by atoms with Gasteiger partial charge in [0.15, 0.2) is 23.1 Å². The van der Waals surface area contributed by atoms with Crippen molar-refractivity contribution in [3.63, 3.8) is 0 Å². The number of benzene rings is 1. The summed E-state index contributed by atoms with van der Waals surface area (Å²) in [5.74, 6) is 0.253. The van der Waals surface area contributed by atoms with Crippen LogP contribution in [-0.4, -0.2) is 53.8 Å². The van der Waals surface area contributed by atoms with Crippen molar-refractivity contribution in [2.75, 3.05) is 24.2 Å². The van der Waals surface area contributed by atoms with Gasteiger partial charge in [0.2, 0.25) is 11.6 Å². The predicted octanol–water partition coefficient (Wildman–Crippen LogP) is 5.38. The molecule has 4 rings (SSSR count). The molecule has 0 atom stereocenters. The number of hydrogen-bond acceptors (Lipinski definition) is 12. The van der Waals surface area contributed by atoms with Gasteiger partial charge in [-0.05, 0) is 43.2 Å². The normalized spacial score (nSPS) is 11.3. The molecule has 4 aromatic rings. The summed E-state index contributed by atoms with van der Waals surface area (Å²) >= 11 is 2.16. The van der Waals surface area contributed by atoms with Crippen LogP contribution in [0.25, 0.3) is 11.6 Å². The van der Waals surface area contributed by atoms with Crippen LogP contribution in [0.4, 0.5) is 5.82 Å². The zero-order chi connectivity index (χ0) is 28.7. The second kappa shape index (κ2) is 13.1. The molecule has 14 heteroatoms. The molecular formula is C26H27N5O6S3. The highest BCUT2D eigenvalue weighted by atomic mass is 32.2. The highest BCUT2D eigenvalue weighted by Gasteiger charge is 2.26. The molecule has 40 heavy (non-hydrogen) atoms. The Hall–Kier alpha value is -3.75. The number of methoxy groups -OCH3 is 1. The number of anilines is 1. The van der Waals surface area contributed by atoms with Crippen molar-refractivity contribution < 1.29 is 27.4 Å². The molecule has 0 spiro atoms. The highest BCUT2D eigenvalue weighted by molar-refractivity contribution is 8.00. The lowest BCUT2D eigenvalue weighted by Gasteiger charge is -2.17. The molecule has 0 aliphatic rings. The van der Waals surface area contributed by atoms with Crippen LogP contribution in [0.5, 0.6) is 17.2 Å². The highest BCUT2D eigenvalue weighted by Crippen LogP contribution is 2.42. The minimum Gasteiger partial charge on any atom is -0.493 e. The van der Waals surface area contributed by atoms with E-state index >= 15 is 0 Å². The van der Waals surface area contributed by atoms with E-state index < -0.39 is 16.0 Å². The monoisotopic (exact) mass is 601 g/mol. The standard InChI is InChI=1S/C26H27N5O6S3/c1-5-36-20(32)15-38-26-22(37-18-10-7-6-9-17(18)35-4)23(29-25(30-26)24-27-13-8-14-28-24)31-40(33,34)21-12-11-19(39-21)16(2)3/h6-14,16H,5,15H2,1-4H3,(H,29,30,31). The van der Waals surface area contributed by atoms with Crippen LogP contribution in [0.15, 0.2) is 64.1 Å². The molecule has 0 radical (unpaired) electrons. The molecule has 0 amide bonds. The van der Waals surface area contributed by atoms with Gasteiger partial charge < -0.3 is 14.2 Å². The summed E-state index contributed by atoms with van der Waals surface area (Å²) < 4.78 is 46.4. The summed E-state index contributed by atoms with van der Waals surface area (Å²) in [5.41, 5.74) is 0. The van der Waals surface area contributed by atoms with Crippen LogP contribution < -0.4 is 14.2 Å². The molecule has 1 N–H and O–H groups in total. The average Bonchev–Trinajstić information content (AvgIpc) is 3.46. The fourth-order valence-electron chi connectivity index (χ4n) is 3.31. The molecule has 210 valence electrons. The Kier molecular flexibility index (Phi) is 9.55. The number of esters is 1. The summed E-state index contributed by atoms with van der Waals surface area (Å²) in [6, 6.07) is 11.8. The van der Waals surface area contributed by atoms with Crippen molar-refractivity contribution in [2.45, 2.75) is 35.9 Å². The Morgan fingerprint density at radius 2 is 1.75 bits per heavy atom. The number of rotatable bonds is 12. The van der Waals surface area contributed by atoms with E-state index in [1.165, 1.54) is 19.5 Å². The Morgan fingerprint density at radius 3 is 2.40 bits per heavy atom. The van der Waals surface area contributed by atoms with Gasteiger partial charge in [0.05, 0.1) is 19.5 Å². The zero-order valence-electron chi connectivity index (χ0n) is 22.2. The number of hydrogen-bond donors (Lipinski definition) is 1. The summed E-state index contributed by atoms with van der Waals surface area (Å²) in [6.45, 7) is 5.88. The van der Waals surface area contributed by atoms with Crippen LogP contribution in [-0.2, 0) is 19.6 Å². The van der Waals surface area contributed by atoms with Gasteiger partial charge in [-0.25, -0.2) is 28.4 Å². The van der Waals surface area contributed by atoms with Gasteiger partial charge in [-0.15, -0.1) is 11.3 Å². The summed E-state index contributed by atoms with van der Waals surface area (Å²) in [7, 11) is -2.60. The first-order valence-corrected chi connectivity index (χ1v) is 15.4. The second-order valence-electron chi connectivity index (χ2n) is 8.37. The van der Waals surface area contributed by atoms with Gasteiger partial charge in [-0.2, -0.15) is 0 Å². The van der Waals surface area contributed by atoms with Gasteiger partial charge in [-0.3, -0.25) is 9.52 Å². The van der Waals surface area contributed by atoms with Crippen LogP contribution >= 0.6 is 23.1 Å². The number of thiophene rings is 1. The van der Waals surface area contributed by atoms with E-state index in [4.69, 9.17) is 14.2 Å². The second-order valence-corrected chi connectivity index (χ2v) is 12.4. The Balaban J connectivity index is 1.87. The number of carbonyl (C=O) groups is 1. The van der Waals surface area contributed by atoms with E-state index in [9.17, 15) is 13.2 Å². The lowest BCUT2D eigenvalue weighted by molar-refractivity contribution is -0.139. The van der Waals surface area contributed by atoms with E-state index in [1.54, 1.807) is 49.4 Å². The average molecular weight is 602 g/mol. The van der Waals surface area contributed by atoms with Gasteiger partial charge in [-0.1, -0.05) is 37.7 Å². The molecule has 0 aliphatic carbocycles. The first kappa shape index (κ1) is 29.2. The number of nitrogens with zero attached hydrogens (tertiary/aromatic N) is 4. The number of thioether (sulfide) groups is 1. The first-order chi connectivity index (χ1) is 19.2. The lowest BCUT2D eigenvalue weighted by Crippen LogP contribution is -2.15. The van der Waals surface area contributed by atoms with Gasteiger partial charge in [0.1, 0.15) is 9.24 Å². The predicted molar refractivity (Wildman–Crippen MR) is 153 cm³/mol. The van der Waals surface area contributed by atoms with Crippen molar-refractivity contribution in [3.8, 4) is 28.9 Å². The van der Waals surface area contributed by atoms with Crippen molar-refractivity contribution >= 4 is 44.9 Å². The quantitative estimate of drug-likeness (QED) is 0.127. The third kappa shape index (κ3) is 7.06. The number of nitrogens with one attached hydrogen (secondary N) is 1. The molecule has 0 saturated heterocycles. The molecule has 11 nitrogen and oxygen atoms in total. The minimum absolute atomic E-state index is 0.0253. The van der Waals surface area contributed by atoms with E-state index in [0.717, 1.165) is 28.0 Å². The third-order valence-corrected chi connectivity index (χ3v) is 9.33. The lowest BCUT2D eigenvalue weighted by atomic mass is 10.2. The molecule has 0 saturated carbocycles. The van der Waals surface area contributed by atoms with Crippen LogP contribution in [0.3, 0.4) is 0 Å². The van der Waals surface area contributed by atoms with E-state index in [0.29, 0.717) is 5.75 Å². The number of aromatic nitrogens is 4. The van der Waals surface area contributed by atoms with Crippen LogP contribution in [0.1, 0.15) is 31.6 Å². The van der Waals surface area contributed by atoms with Crippen LogP contribution in [0.2, 0.25) is 0 Å². The molecule has 1 aromatic carbocycles. The topological polar surface area (TPSA) is 142 Å². The van der Waals surface area contributed by atoms with Gasteiger partial charge in [0, 0.05) is 17.3 Å². The van der Waals surface area contributed by atoms with E-state index in [1.807, 2.05) is 13.8 Å². The number of ether oxygens (including phenoxy) is 3. The van der Waals surface area contributed by atoms with Crippen molar-refractivity contribution in [1.82, 2.24) is 19.9 Å². The van der Waals surface area contributed by atoms with Crippen molar-refractivity contribution in [3.05, 3.63) is 59.7 Å². The molecule has 0 aliphatic heterocycles. The van der Waals surface area contributed by atoms with Crippen molar-refractivity contribution in [1.29, 1.82) is 0 Å². The van der Waals surface area contributed by atoms with E-state index in [2.05, 4.69) is 24.7 Å². The molecule has 0 unspecified atom stereocenters. The largest absolute Gasteiger partial charge is 0.493 e. The third-order valence-electron chi connectivity index (χ3n) is 5.18. The Bertz CT molecular complexity index is 1580. The maximum Gasteiger partial charge on any atom is 0.316 e. The first-order valence-electron chi connectivity index (χ1n) is 12.1. The van der Waals surface area contributed by atoms with Crippen LogP contribution in [0, 0.1) is 0 Å². The molecule has 3 aromatic heterocycles. The van der Waals surface area contributed by atoms with Gasteiger partial charge in [0.25, 0.3) is 10.0 Å². The summed E-state index contributed by atoms with van der Waals surface area (Å²) in [4.78, 5) is 30.5. The molecule has 0 bridgehead atoms. The van der Waals surface area contributed by atoms with Crippen molar-refractivity contribution in [2.24, 2.45) is 0 Å². The Labute approximate surface area is 240 Å². The molecular weight excluding hydrogens is 575 g/mol. The SMILES string of the molecule is CCOC(=O)CSc1nc(-c2ncccn2)nc(NS(=O)(=O)c2ccc(C(C)C)s2)c1Oc1ccccc1OC. The summed E-state index contributed by atoms with van der Waals surface area (Å²) in [6.07, 6.45) is 3.03. The van der Waals surface area contributed by atoms with Gasteiger partial charge >= 0.3 is 5.97 Å². The minimum atomic E-state index is -4.09. The maximum atomic E-state index is 13.5. The number of carbonyl (C=O) groups excluding carboxylic acids is 1. The molecule has 0 fully saturated rings. The number of para-hydroxylation sites is 2. The fourth-order valence-corrected chi connectivity index (χ4v) is 6.40. The maximum absolute atomic E-state index is 13.5.